The van der Waals surface area contributed by atoms with Crippen LogP contribution in [0, 0.1) is 10.1 Å². The predicted molar refractivity (Wildman–Crippen MR) is 162 cm³/mol. The maximum atomic E-state index is 14.1. The van der Waals surface area contributed by atoms with Gasteiger partial charge in [0.25, 0.3) is 11.2 Å². The van der Waals surface area contributed by atoms with Gasteiger partial charge in [-0.2, -0.15) is 0 Å². The molecule has 0 saturated heterocycles. The van der Waals surface area contributed by atoms with Crippen molar-refractivity contribution in [1.82, 2.24) is 4.57 Å². The van der Waals surface area contributed by atoms with Gasteiger partial charge in [-0.15, -0.1) is 0 Å². The van der Waals surface area contributed by atoms with Crippen LogP contribution in [0.4, 0.5) is 5.69 Å². The molecule has 0 spiro atoms. The number of esters is 1. The van der Waals surface area contributed by atoms with Crippen molar-refractivity contribution in [3.05, 3.63) is 125 Å². The molecule has 11 heteroatoms. The Balaban J connectivity index is 1.55. The van der Waals surface area contributed by atoms with Crippen LogP contribution >= 0.6 is 11.3 Å². The summed E-state index contributed by atoms with van der Waals surface area (Å²) in [6.07, 6.45) is 1.78. The molecule has 1 aliphatic heterocycles. The Morgan fingerprint density at radius 2 is 1.95 bits per heavy atom. The number of nitro benzene ring substituents is 1. The topological polar surface area (TPSA) is 126 Å². The fraction of sp³-hybridized carbons (Fsp3) is 0.156. The molecule has 0 bridgehead atoms. The van der Waals surface area contributed by atoms with Gasteiger partial charge in [-0.3, -0.25) is 19.5 Å². The molecule has 3 heterocycles. The number of thiazole rings is 1. The lowest BCUT2D eigenvalue weighted by Gasteiger charge is -2.22. The third-order valence-corrected chi connectivity index (χ3v) is 8.16. The maximum Gasteiger partial charge on any atom is 0.338 e. The van der Waals surface area contributed by atoms with Crippen LogP contribution in [0.3, 0.4) is 0 Å². The van der Waals surface area contributed by atoms with Crippen LogP contribution in [-0.4, -0.2) is 29.2 Å². The van der Waals surface area contributed by atoms with E-state index < -0.39 is 16.9 Å². The predicted octanol–water partition coefficient (Wildman–Crippen LogP) is 5.13. The molecule has 3 aromatic carbocycles. The normalized spacial score (nSPS) is 14.9. The standard InChI is InChI=1S/C32H25N3O7S/c1-4-41-31(37)28-18(2)33-32-34(29(28)26-15-14-24(42-26)20-9-7-10-21(16-20)35(38)39)30(36)27(43-32)17-23-22-11-6-5-8-19(22)12-13-25(23)40-3/h5-17,29H,4H2,1-3H3/b27-17-/t29-/m0/s1. The van der Waals surface area contributed by atoms with Crippen LogP contribution in [0.5, 0.6) is 5.75 Å². The van der Waals surface area contributed by atoms with E-state index in [9.17, 15) is 19.7 Å². The number of ether oxygens (including phenoxy) is 2. The summed E-state index contributed by atoms with van der Waals surface area (Å²) in [4.78, 5) is 43.2. The van der Waals surface area contributed by atoms with Crippen LogP contribution in [0.2, 0.25) is 0 Å². The van der Waals surface area contributed by atoms with E-state index in [-0.39, 0.29) is 29.2 Å². The maximum absolute atomic E-state index is 14.1. The lowest BCUT2D eigenvalue weighted by atomic mass is 10.0. The van der Waals surface area contributed by atoms with Crippen LogP contribution in [-0.2, 0) is 9.53 Å². The number of benzene rings is 3. The highest BCUT2D eigenvalue weighted by molar-refractivity contribution is 7.07. The zero-order valence-electron chi connectivity index (χ0n) is 23.4. The number of fused-ring (bicyclic) bond motifs is 2. The Bertz CT molecular complexity index is 2140. The second kappa shape index (κ2) is 11.2. The Labute approximate surface area is 248 Å². The molecule has 0 amide bonds. The van der Waals surface area contributed by atoms with E-state index in [1.165, 1.54) is 28.0 Å². The van der Waals surface area contributed by atoms with E-state index in [4.69, 9.17) is 13.9 Å². The van der Waals surface area contributed by atoms with Crippen molar-refractivity contribution in [2.75, 3.05) is 13.7 Å². The minimum absolute atomic E-state index is 0.0877. The van der Waals surface area contributed by atoms with Gasteiger partial charge in [0.1, 0.15) is 23.3 Å². The van der Waals surface area contributed by atoms with Gasteiger partial charge < -0.3 is 13.9 Å². The molecule has 0 saturated carbocycles. The Hall–Kier alpha value is -5.29. The van der Waals surface area contributed by atoms with E-state index in [0.29, 0.717) is 32.1 Å². The highest BCUT2D eigenvalue weighted by Gasteiger charge is 2.35. The summed E-state index contributed by atoms with van der Waals surface area (Å²) < 4.78 is 19.0. The molecule has 0 fully saturated rings. The van der Waals surface area contributed by atoms with E-state index in [1.54, 1.807) is 51.3 Å². The summed E-state index contributed by atoms with van der Waals surface area (Å²) in [7, 11) is 1.58. The molecule has 43 heavy (non-hydrogen) atoms. The molecule has 0 N–H and O–H groups in total. The van der Waals surface area contributed by atoms with Crippen molar-refractivity contribution in [3.8, 4) is 17.1 Å². The number of methoxy groups -OCH3 is 1. The van der Waals surface area contributed by atoms with E-state index >= 15 is 0 Å². The molecular formula is C32H25N3O7S. The highest BCUT2D eigenvalue weighted by Crippen LogP contribution is 2.35. The van der Waals surface area contributed by atoms with Crippen molar-refractivity contribution in [2.45, 2.75) is 19.9 Å². The summed E-state index contributed by atoms with van der Waals surface area (Å²) in [5.41, 5.74) is 1.33. The van der Waals surface area contributed by atoms with Crippen LogP contribution < -0.4 is 19.6 Å². The number of non-ortho nitro benzene ring substituents is 1. The third kappa shape index (κ3) is 4.93. The monoisotopic (exact) mass is 595 g/mol. The van der Waals surface area contributed by atoms with Crippen molar-refractivity contribution < 1.29 is 23.6 Å². The Morgan fingerprint density at radius 3 is 2.72 bits per heavy atom. The number of carbonyl (C=O) groups excluding carboxylic acids is 1. The van der Waals surface area contributed by atoms with Crippen molar-refractivity contribution in [1.29, 1.82) is 0 Å². The second-order valence-electron chi connectivity index (χ2n) is 9.71. The quantitative estimate of drug-likeness (QED) is 0.145. The summed E-state index contributed by atoms with van der Waals surface area (Å²) >= 11 is 1.19. The number of allylic oxidation sites excluding steroid dienone is 1. The number of hydrogen-bond acceptors (Lipinski definition) is 9. The van der Waals surface area contributed by atoms with Gasteiger partial charge in [-0.1, -0.05) is 53.8 Å². The third-order valence-electron chi connectivity index (χ3n) is 7.18. The Kier molecular flexibility index (Phi) is 7.24. The largest absolute Gasteiger partial charge is 0.496 e. The number of aromatic nitrogens is 1. The van der Waals surface area contributed by atoms with Gasteiger partial charge in [0, 0.05) is 23.3 Å². The number of rotatable bonds is 7. The Morgan fingerprint density at radius 1 is 1.14 bits per heavy atom. The number of furan rings is 1. The van der Waals surface area contributed by atoms with Gasteiger partial charge in [0.05, 0.1) is 34.4 Å². The van der Waals surface area contributed by atoms with Gasteiger partial charge in [-0.25, -0.2) is 9.79 Å². The lowest BCUT2D eigenvalue weighted by Crippen LogP contribution is -2.39. The average molecular weight is 596 g/mol. The second-order valence-corrected chi connectivity index (χ2v) is 10.7. The summed E-state index contributed by atoms with van der Waals surface area (Å²) in [6.45, 7) is 3.52. The van der Waals surface area contributed by atoms with Crippen molar-refractivity contribution >= 4 is 39.8 Å². The molecule has 2 aromatic heterocycles. The van der Waals surface area contributed by atoms with E-state index in [1.807, 2.05) is 36.4 Å². The molecule has 0 radical (unpaired) electrons. The molecule has 1 aliphatic rings. The SMILES string of the molecule is CCOC(=O)C1=C(C)N=c2s/c(=C\c3c(OC)ccc4ccccc34)c(=O)n2[C@H]1c1ccc(-c2cccc([N+](=O)[O-])c2)o1. The molecule has 0 aliphatic carbocycles. The molecule has 216 valence electrons. The molecule has 5 aromatic rings. The van der Waals surface area contributed by atoms with Gasteiger partial charge >= 0.3 is 5.97 Å². The van der Waals surface area contributed by atoms with E-state index in [0.717, 1.165) is 16.3 Å². The zero-order valence-corrected chi connectivity index (χ0v) is 24.2. The number of hydrogen-bond donors (Lipinski definition) is 0. The van der Waals surface area contributed by atoms with Crippen LogP contribution in [0.15, 0.2) is 98.3 Å². The fourth-order valence-corrected chi connectivity index (χ4v) is 6.25. The van der Waals surface area contributed by atoms with Crippen molar-refractivity contribution in [3.63, 3.8) is 0 Å². The molecule has 10 nitrogen and oxygen atoms in total. The van der Waals surface area contributed by atoms with Crippen LogP contribution in [0.25, 0.3) is 28.2 Å². The van der Waals surface area contributed by atoms with Crippen molar-refractivity contribution in [2.24, 2.45) is 4.99 Å². The lowest BCUT2D eigenvalue weighted by molar-refractivity contribution is -0.384. The molecule has 1 atom stereocenters. The average Bonchev–Trinajstić information content (AvgIpc) is 3.61. The number of nitro groups is 1. The minimum atomic E-state index is -0.973. The summed E-state index contributed by atoms with van der Waals surface area (Å²) in [6, 6.07) is 20.0. The first kappa shape index (κ1) is 27.9. The van der Waals surface area contributed by atoms with Gasteiger partial charge in [-0.05, 0) is 48.9 Å². The first-order chi connectivity index (χ1) is 20.8. The smallest absolute Gasteiger partial charge is 0.338 e. The minimum Gasteiger partial charge on any atom is -0.496 e. The first-order valence-electron chi connectivity index (χ1n) is 13.4. The molecule has 0 unspecified atom stereocenters. The van der Waals surface area contributed by atoms with E-state index in [2.05, 4.69) is 4.99 Å². The van der Waals surface area contributed by atoms with Crippen LogP contribution in [0.1, 0.15) is 31.2 Å². The molecular weight excluding hydrogens is 570 g/mol. The summed E-state index contributed by atoms with van der Waals surface area (Å²) in [5, 5.41) is 13.2. The molecule has 6 rings (SSSR count). The van der Waals surface area contributed by atoms with Gasteiger partial charge in [0.15, 0.2) is 4.80 Å². The first-order valence-corrected chi connectivity index (χ1v) is 14.2. The summed E-state index contributed by atoms with van der Waals surface area (Å²) in [5.74, 6) is 0.623. The fourth-order valence-electron chi connectivity index (χ4n) is 5.22. The van der Waals surface area contributed by atoms with Gasteiger partial charge in [0.2, 0.25) is 0 Å². The highest BCUT2D eigenvalue weighted by atomic mass is 32.1. The zero-order chi connectivity index (χ0) is 30.2. The number of nitrogens with zero attached hydrogens (tertiary/aromatic N) is 3. The number of carbonyl (C=O) groups is 1.